The Bertz CT molecular complexity index is 1050. The fourth-order valence-corrected chi connectivity index (χ4v) is 2.85. The van der Waals surface area contributed by atoms with Crippen LogP contribution in [0.5, 0.6) is 11.6 Å². The summed E-state index contributed by atoms with van der Waals surface area (Å²) in [6, 6.07) is 11.8. The van der Waals surface area contributed by atoms with E-state index in [-0.39, 0.29) is 29.3 Å². The van der Waals surface area contributed by atoms with Crippen LogP contribution in [0.3, 0.4) is 0 Å². The summed E-state index contributed by atoms with van der Waals surface area (Å²) in [6.45, 7) is 9.18. The summed E-state index contributed by atoms with van der Waals surface area (Å²) < 4.78 is 26.0. The standard InChI is InChI=1S/C24H27FN2O3/c1-17-15-20(9-10-21(17)30-16-24(2,3)4)27-13-12-26-22(23(27)28)29-14-11-18-5-7-19(25)8-6-18/h5-10,12-13,15H,11,14,16H2,1-4H3. The number of hydrogen-bond acceptors (Lipinski definition) is 4. The average Bonchev–Trinajstić information content (AvgIpc) is 2.69. The van der Waals surface area contributed by atoms with E-state index in [1.807, 2.05) is 25.1 Å². The number of nitrogens with zero attached hydrogens (tertiary/aromatic N) is 2. The molecule has 0 aliphatic heterocycles. The van der Waals surface area contributed by atoms with Crippen LogP contribution in [0.4, 0.5) is 4.39 Å². The molecule has 3 rings (SSSR count). The third-order valence-electron chi connectivity index (χ3n) is 4.45. The van der Waals surface area contributed by atoms with Gasteiger partial charge in [0.15, 0.2) is 0 Å². The van der Waals surface area contributed by atoms with Gasteiger partial charge in [0.1, 0.15) is 11.6 Å². The van der Waals surface area contributed by atoms with Gasteiger partial charge in [-0.1, -0.05) is 32.9 Å². The molecule has 0 atom stereocenters. The highest BCUT2D eigenvalue weighted by Gasteiger charge is 2.13. The Morgan fingerprint density at radius 2 is 1.80 bits per heavy atom. The Balaban J connectivity index is 1.71. The first-order valence-corrected chi connectivity index (χ1v) is 9.92. The number of benzene rings is 2. The summed E-state index contributed by atoms with van der Waals surface area (Å²) in [5.41, 5.74) is 2.31. The van der Waals surface area contributed by atoms with Gasteiger partial charge < -0.3 is 9.47 Å². The Morgan fingerprint density at radius 3 is 2.47 bits per heavy atom. The smallest absolute Gasteiger partial charge is 0.317 e. The summed E-state index contributed by atoms with van der Waals surface area (Å²) in [5, 5.41) is 0. The van der Waals surface area contributed by atoms with Gasteiger partial charge in [0.25, 0.3) is 5.88 Å². The van der Waals surface area contributed by atoms with Gasteiger partial charge in [-0.25, -0.2) is 9.37 Å². The minimum atomic E-state index is -0.334. The molecule has 6 heteroatoms. The molecule has 1 heterocycles. The van der Waals surface area contributed by atoms with Crippen LogP contribution >= 0.6 is 0 Å². The molecule has 3 aromatic rings. The van der Waals surface area contributed by atoms with E-state index >= 15 is 0 Å². The molecule has 0 N–H and O–H groups in total. The van der Waals surface area contributed by atoms with Crippen LogP contribution in [-0.2, 0) is 6.42 Å². The van der Waals surface area contributed by atoms with Crippen molar-refractivity contribution in [1.82, 2.24) is 9.55 Å². The molecule has 0 saturated heterocycles. The largest absolute Gasteiger partial charge is 0.493 e. The number of ether oxygens (including phenoxy) is 2. The van der Waals surface area contributed by atoms with Crippen molar-refractivity contribution in [3.05, 3.63) is 82.2 Å². The first kappa shape index (κ1) is 21.6. The molecule has 0 radical (unpaired) electrons. The van der Waals surface area contributed by atoms with Crippen molar-refractivity contribution in [2.75, 3.05) is 13.2 Å². The predicted molar refractivity (Wildman–Crippen MR) is 115 cm³/mol. The van der Waals surface area contributed by atoms with Crippen molar-refractivity contribution < 1.29 is 13.9 Å². The molecular weight excluding hydrogens is 383 g/mol. The van der Waals surface area contributed by atoms with E-state index in [1.165, 1.54) is 22.9 Å². The number of halogens is 1. The molecule has 0 aliphatic carbocycles. The SMILES string of the molecule is Cc1cc(-n2ccnc(OCCc3ccc(F)cc3)c2=O)ccc1OCC(C)(C)C. The van der Waals surface area contributed by atoms with Crippen molar-refractivity contribution in [3.63, 3.8) is 0 Å². The van der Waals surface area contributed by atoms with Crippen molar-refractivity contribution >= 4 is 0 Å². The first-order valence-electron chi connectivity index (χ1n) is 9.92. The molecule has 0 aliphatic rings. The Labute approximate surface area is 176 Å². The zero-order chi connectivity index (χ0) is 21.7. The van der Waals surface area contributed by atoms with Crippen molar-refractivity contribution in [2.45, 2.75) is 34.1 Å². The van der Waals surface area contributed by atoms with E-state index in [0.29, 0.717) is 18.7 Å². The molecule has 0 spiro atoms. The lowest BCUT2D eigenvalue weighted by Crippen LogP contribution is -2.22. The topological polar surface area (TPSA) is 53.4 Å². The van der Waals surface area contributed by atoms with E-state index in [1.54, 1.807) is 18.3 Å². The maximum absolute atomic E-state index is 13.0. The average molecular weight is 410 g/mol. The van der Waals surface area contributed by atoms with Crippen molar-refractivity contribution in [3.8, 4) is 17.3 Å². The predicted octanol–water partition coefficient (Wildman–Crippen LogP) is 4.73. The van der Waals surface area contributed by atoms with E-state index in [0.717, 1.165) is 16.9 Å². The van der Waals surface area contributed by atoms with E-state index in [9.17, 15) is 9.18 Å². The maximum Gasteiger partial charge on any atom is 0.317 e. The molecule has 0 bridgehead atoms. The highest BCUT2D eigenvalue weighted by molar-refractivity contribution is 5.44. The van der Waals surface area contributed by atoms with Crippen LogP contribution in [0.1, 0.15) is 31.9 Å². The molecule has 0 fully saturated rings. The van der Waals surface area contributed by atoms with Crippen LogP contribution in [-0.4, -0.2) is 22.8 Å². The molecule has 5 nitrogen and oxygen atoms in total. The quantitative estimate of drug-likeness (QED) is 0.565. The lowest BCUT2D eigenvalue weighted by atomic mass is 9.98. The molecular formula is C24H27FN2O3. The minimum Gasteiger partial charge on any atom is -0.493 e. The molecule has 158 valence electrons. The second-order valence-corrected chi connectivity index (χ2v) is 8.43. The zero-order valence-corrected chi connectivity index (χ0v) is 17.8. The third kappa shape index (κ3) is 5.69. The fourth-order valence-electron chi connectivity index (χ4n) is 2.85. The summed E-state index contributed by atoms with van der Waals surface area (Å²) in [4.78, 5) is 16.9. The molecule has 2 aromatic carbocycles. The fraction of sp³-hybridized carbons (Fsp3) is 0.333. The summed E-state index contributed by atoms with van der Waals surface area (Å²) in [5.74, 6) is 0.550. The third-order valence-corrected chi connectivity index (χ3v) is 4.45. The number of aryl methyl sites for hydroxylation is 1. The van der Waals surface area contributed by atoms with Crippen LogP contribution < -0.4 is 15.0 Å². The normalized spacial score (nSPS) is 11.4. The van der Waals surface area contributed by atoms with Crippen LogP contribution in [0.25, 0.3) is 5.69 Å². The van der Waals surface area contributed by atoms with E-state index in [4.69, 9.17) is 9.47 Å². The Hall–Kier alpha value is -3.15. The summed E-state index contributed by atoms with van der Waals surface area (Å²) in [6.07, 6.45) is 3.70. The van der Waals surface area contributed by atoms with Gasteiger partial charge in [-0.05, 0) is 53.8 Å². The molecule has 30 heavy (non-hydrogen) atoms. The molecule has 0 saturated carbocycles. The second-order valence-electron chi connectivity index (χ2n) is 8.43. The highest BCUT2D eigenvalue weighted by Crippen LogP contribution is 2.23. The van der Waals surface area contributed by atoms with Crippen LogP contribution in [0, 0.1) is 18.2 Å². The summed E-state index contributed by atoms with van der Waals surface area (Å²) in [7, 11) is 0. The van der Waals surface area contributed by atoms with E-state index < -0.39 is 0 Å². The molecule has 1 aromatic heterocycles. The lowest BCUT2D eigenvalue weighted by molar-refractivity contribution is 0.197. The van der Waals surface area contributed by atoms with Gasteiger partial charge in [-0.3, -0.25) is 9.36 Å². The maximum atomic E-state index is 13.0. The minimum absolute atomic E-state index is 0.0327. The van der Waals surface area contributed by atoms with Gasteiger partial charge in [0.05, 0.1) is 13.2 Å². The van der Waals surface area contributed by atoms with Gasteiger partial charge in [-0.15, -0.1) is 0 Å². The highest BCUT2D eigenvalue weighted by atomic mass is 19.1. The van der Waals surface area contributed by atoms with Crippen LogP contribution in [0.2, 0.25) is 0 Å². The monoisotopic (exact) mass is 410 g/mol. The zero-order valence-electron chi connectivity index (χ0n) is 17.8. The van der Waals surface area contributed by atoms with Gasteiger partial charge in [-0.2, -0.15) is 0 Å². The lowest BCUT2D eigenvalue weighted by Gasteiger charge is -2.20. The van der Waals surface area contributed by atoms with Crippen molar-refractivity contribution in [2.24, 2.45) is 5.41 Å². The van der Waals surface area contributed by atoms with Gasteiger partial charge >= 0.3 is 5.56 Å². The number of rotatable bonds is 7. The second kappa shape index (κ2) is 9.11. The first-order chi connectivity index (χ1) is 14.2. The van der Waals surface area contributed by atoms with Crippen LogP contribution in [0.15, 0.2) is 59.7 Å². The number of hydrogen-bond donors (Lipinski definition) is 0. The molecule has 0 unspecified atom stereocenters. The van der Waals surface area contributed by atoms with Gasteiger partial charge in [0, 0.05) is 24.5 Å². The van der Waals surface area contributed by atoms with Crippen molar-refractivity contribution in [1.29, 1.82) is 0 Å². The van der Waals surface area contributed by atoms with E-state index in [2.05, 4.69) is 25.8 Å². The molecule has 0 amide bonds. The Morgan fingerprint density at radius 1 is 1.07 bits per heavy atom. The Kier molecular flexibility index (Phi) is 6.55. The summed E-state index contributed by atoms with van der Waals surface area (Å²) >= 11 is 0. The number of aromatic nitrogens is 2. The van der Waals surface area contributed by atoms with Gasteiger partial charge in [0.2, 0.25) is 0 Å².